The second-order valence-electron chi connectivity index (χ2n) is 4.21. The number of aliphatic hydroxyl groups is 1. The van der Waals surface area contributed by atoms with Crippen LogP contribution in [0.1, 0.15) is 23.2 Å². The predicted octanol–water partition coefficient (Wildman–Crippen LogP) is 1.52. The number of nitrogens with zero attached hydrogens (tertiary/aromatic N) is 1. The lowest BCUT2D eigenvalue weighted by molar-refractivity contribution is 0.0678. The number of hydrogen-bond acceptors (Lipinski definition) is 3. The highest BCUT2D eigenvalue weighted by Crippen LogP contribution is 2.24. The minimum absolute atomic E-state index is 0.00773. The zero-order valence-electron chi connectivity index (χ0n) is 9.40. The molecular weight excluding hydrogens is 240 g/mol. The summed E-state index contributed by atoms with van der Waals surface area (Å²) in [4.78, 5) is 13.9. The molecule has 4 nitrogen and oxygen atoms in total. The fraction of sp³-hybridized carbons (Fsp3) is 0.417. The second-order valence-corrected chi connectivity index (χ2v) is 4.65. The maximum absolute atomic E-state index is 12.3. The Hall–Kier alpha value is -1.26. The number of likely N-dealkylation sites (tertiary alicyclic amines) is 1. The molecule has 3 N–H and O–H groups in total. The summed E-state index contributed by atoms with van der Waals surface area (Å²) in [6.07, 6.45) is 1.75. The molecule has 0 bridgehead atoms. The molecule has 2 rings (SSSR count). The number of benzene rings is 1. The number of anilines is 1. The van der Waals surface area contributed by atoms with E-state index in [2.05, 4.69) is 0 Å². The van der Waals surface area contributed by atoms with Gasteiger partial charge >= 0.3 is 0 Å². The molecule has 0 radical (unpaired) electrons. The Morgan fingerprint density at radius 2 is 2.35 bits per heavy atom. The van der Waals surface area contributed by atoms with E-state index in [1.165, 1.54) is 0 Å². The van der Waals surface area contributed by atoms with Gasteiger partial charge in [0.15, 0.2) is 0 Å². The number of hydrogen-bond donors (Lipinski definition) is 2. The Kier molecular flexibility index (Phi) is 3.54. The fourth-order valence-electron chi connectivity index (χ4n) is 2.16. The third kappa shape index (κ3) is 2.37. The highest BCUT2D eigenvalue weighted by Gasteiger charge is 2.29. The maximum atomic E-state index is 12.3. The number of amides is 1. The van der Waals surface area contributed by atoms with Gasteiger partial charge in [0, 0.05) is 17.3 Å². The molecule has 1 fully saturated rings. The number of halogens is 1. The van der Waals surface area contributed by atoms with Gasteiger partial charge in [0.05, 0.1) is 18.2 Å². The van der Waals surface area contributed by atoms with Crippen molar-refractivity contribution in [2.45, 2.75) is 18.9 Å². The van der Waals surface area contributed by atoms with Crippen molar-refractivity contribution in [3.05, 3.63) is 28.8 Å². The fourth-order valence-corrected chi connectivity index (χ4v) is 2.33. The Balaban J connectivity index is 2.27. The van der Waals surface area contributed by atoms with Crippen LogP contribution < -0.4 is 5.73 Å². The molecule has 1 aromatic carbocycles. The molecule has 1 heterocycles. The van der Waals surface area contributed by atoms with Crippen LogP contribution in [0.15, 0.2) is 18.2 Å². The Bertz CT molecular complexity index is 437. The van der Waals surface area contributed by atoms with E-state index < -0.39 is 0 Å². The number of nitrogen functional groups attached to an aromatic ring is 1. The van der Waals surface area contributed by atoms with Crippen molar-refractivity contribution < 1.29 is 9.90 Å². The average Bonchev–Trinajstić information content (AvgIpc) is 2.79. The first-order chi connectivity index (χ1) is 8.13. The molecule has 5 heteroatoms. The summed E-state index contributed by atoms with van der Waals surface area (Å²) in [5, 5.41) is 9.69. The van der Waals surface area contributed by atoms with E-state index in [1.807, 2.05) is 0 Å². The Morgan fingerprint density at radius 1 is 1.59 bits per heavy atom. The average molecular weight is 255 g/mol. The number of carbonyl (C=O) groups is 1. The quantitative estimate of drug-likeness (QED) is 0.787. The van der Waals surface area contributed by atoms with Gasteiger partial charge in [-0.3, -0.25) is 4.79 Å². The Morgan fingerprint density at radius 3 is 3.06 bits per heavy atom. The highest BCUT2D eigenvalue weighted by molar-refractivity contribution is 6.31. The third-order valence-corrected chi connectivity index (χ3v) is 3.33. The first-order valence-corrected chi connectivity index (χ1v) is 5.98. The van der Waals surface area contributed by atoms with Gasteiger partial charge in [-0.25, -0.2) is 0 Å². The first-order valence-electron chi connectivity index (χ1n) is 5.60. The summed E-state index contributed by atoms with van der Waals surface area (Å²) in [7, 11) is 0. The molecule has 1 aromatic rings. The lowest BCUT2D eigenvalue weighted by Crippen LogP contribution is -2.37. The van der Waals surface area contributed by atoms with Crippen LogP contribution in [0.2, 0.25) is 5.02 Å². The monoisotopic (exact) mass is 254 g/mol. The smallest absolute Gasteiger partial charge is 0.256 e. The van der Waals surface area contributed by atoms with Crippen molar-refractivity contribution in [2.24, 2.45) is 0 Å². The summed E-state index contributed by atoms with van der Waals surface area (Å²) in [5.41, 5.74) is 6.61. The molecule has 1 aliphatic heterocycles. The third-order valence-electron chi connectivity index (χ3n) is 3.09. The number of nitrogens with two attached hydrogens (primary N) is 1. The molecule has 1 atom stereocenters. The van der Waals surface area contributed by atoms with E-state index in [9.17, 15) is 9.90 Å². The second kappa shape index (κ2) is 4.94. The minimum Gasteiger partial charge on any atom is -0.398 e. The normalized spacial score (nSPS) is 19.6. The molecule has 17 heavy (non-hydrogen) atoms. The van der Waals surface area contributed by atoms with Crippen LogP contribution in [0.3, 0.4) is 0 Å². The molecule has 1 saturated heterocycles. The van der Waals surface area contributed by atoms with Crippen LogP contribution in [0.5, 0.6) is 0 Å². The summed E-state index contributed by atoms with van der Waals surface area (Å²) >= 11 is 5.86. The van der Waals surface area contributed by atoms with Crippen molar-refractivity contribution in [2.75, 3.05) is 18.9 Å². The first kappa shape index (κ1) is 12.2. The lowest BCUT2D eigenvalue weighted by Gasteiger charge is -2.23. The molecule has 0 aromatic heterocycles. The van der Waals surface area contributed by atoms with Crippen molar-refractivity contribution in [3.8, 4) is 0 Å². The van der Waals surface area contributed by atoms with E-state index in [4.69, 9.17) is 17.3 Å². The molecule has 1 aliphatic rings. The molecule has 0 spiro atoms. The number of carbonyl (C=O) groups excluding carboxylic acids is 1. The molecule has 0 aliphatic carbocycles. The van der Waals surface area contributed by atoms with Crippen molar-refractivity contribution >= 4 is 23.2 Å². The van der Waals surface area contributed by atoms with Gasteiger partial charge in [-0.1, -0.05) is 11.6 Å². The van der Waals surface area contributed by atoms with Gasteiger partial charge in [-0.05, 0) is 31.0 Å². The highest BCUT2D eigenvalue weighted by atomic mass is 35.5. The van der Waals surface area contributed by atoms with Crippen molar-refractivity contribution in [1.82, 2.24) is 4.90 Å². The van der Waals surface area contributed by atoms with E-state index >= 15 is 0 Å². The minimum atomic E-state index is -0.151. The molecule has 1 amide bonds. The molecule has 92 valence electrons. The van der Waals surface area contributed by atoms with Crippen molar-refractivity contribution in [3.63, 3.8) is 0 Å². The van der Waals surface area contributed by atoms with Crippen LogP contribution in [0, 0.1) is 0 Å². The standard InChI is InChI=1S/C12H15ClN2O2/c13-8-3-4-11(14)10(6-8)12(17)15-5-1-2-9(15)7-16/h3-4,6,9,16H,1-2,5,7,14H2/t9-/m1/s1. The van der Waals surface area contributed by atoms with Crippen LogP contribution in [0.4, 0.5) is 5.69 Å². The predicted molar refractivity (Wildman–Crippen MR) is 67.0 cm³/mol. The molecule has 0 unspecified atom stereocenters. The van der Waals surface area contributed by atoms with Gasteiger partial charge in [0.25, 0.3) is 5.91 Å². The van der Waals surface area contributed by atoms with Crippen LogP contribution in [-0.4, -0.2) is 35.1 Å². The molecular formula is C12H15ClN2O2. The summed E-state index contributed by atoms with van der Waals surface area (Å²) in [6.45, 7) is 0.655. The van der Waals surface area contributed by atoms with Gasteiger partial charge in [0.1, 0.15) is 0 Å². The maximum Gasteiger partial charge on any atom is 0.256 e. The zero-order chi connectivity index (χ0) is 12.4. The van der Waals surface area contributed by atoms with E-state index in [0.29, 0.717) is 22.8 Å². The summed E-state index contributed by atoms with van der Waals surface area (Å²) in [6, 6.07) is 4.76. The Labute approximate surface area is 105 Å². The lowest BCUT2D eigenvalue weighted by atomic mass is 10.1. The number of rotatable bonds is 2. The number of aliphatic hydroxyl groups excluding tert-OH is 1. The van der Waals surface area contributed by atoms with E-state index in [1.54, 1.807) is 23.1 Å². The van der Waals surface area contributed by atoms with Gasteiger partial charge in [0.2, 0.25) is 0 Å². The van der Waals surface area contributed by atoms with Gasteiger partial charge in [-0.2, -0.15) is 0 Å². The molecule has 0 saturated carbocycles. The van der Waals surface area contributed by atoms with Gasteiger partial charge in [-0.15, -0.1) is 0 Å². The van der Waals surface area contributed by atoms with Crippen molar-refractivity contribution in [1.29, 1.82) is 0 Å². The van der Waals surface area contributed by atoms with E-state index in [-0.39, 0.29) is 18.6 Å². The summed E-state index contributed by atoms with van der Waals surface area (Å²) in [5.74, 6) is -0.151. The zero-order valence-corrected chi connectivity index (χ0v) is 10.2. The van der Waals surface area contributed by atoms with Crippen LogP contribution >= 0.6 is 11.6 Å². The van der Waals surface area contributed by atoms with E-state index in [0.717, 1.165) is 12.8 Å². The SMILES string of the molecule is Nc1ccc(Cl)cc1C(=O)N1CCC[C@@H]1CO. The summed E-state index contributed by atoms with van der Waals surface area (Å²) < 4.78 is 0. The largest absolute Gasteiger partial charge is 0.398 e. The van der Waals surface area contributed by atoms with Crippen LogP contribution in [0.25, 0.3) is 0 Å². The topological polar surface area (TPSA) is 66.6 Å². The van der Waals surface area contributed by atoms with Crippen LogP contribution in [-0.2, 0) is 0 Å². The van der Waals surface area contributed by atoms with Gasteiger partial charge < -0.3 is 15.7 Å².